The summed E-state index contributed by atoms with van der Waals surface area (Å²) >= 11 is 1.65. The summed E-state index contributed by atoms with van der Waals surface area (Å²) in [6, 6.07) is 0.493. The van der Waals surface area contributed by atoms with Gasteiger partial charge in [0.25, 0.3) is 0 Å². The Balaban J connectivity index is 0.000000302. The van der Waals surface area contributed by atoms with Gasteiger partial charge in [0.1, 0.15) is 0 Å². The van der Waals surface area contributed by atoms with E-state index in [1.807, 2.05) is 12.4 Å². The van der Waals surface area contributed by atoms with Gasteiger partial charge in [-0.2, -0.15) is 0 Å². The molecule has 0 aromatic carbocycles. The second kappa shape index (κ2) is 14.1. The van der Waals surface area contributed by atoms with E-state index in [-0.39, 0.29) is 0 Å². The fourth-order valence-electron chi connectivity index (χ4n) is 4.25. The molecule has 13 heteroatoms. The average molecular weight is 527 g/mol. The topological polar surface area (TPSA) is 181 Å². The molecule has 2 fully saturated rings. The maximum Gasteiger partial charge on any atom is 0.336 e. The molecule has 2 aliphatic rings. The Labute approximate surface area is 213 Å². The fourth-order valence-corrected chi connectivity index (χ4v) is 4.76. The SMILES string of the molecule is CCSc1ncc(CN2CCN(C3CCCCC3)C(=O)C2)cn1.O=C(O)CC(O)(CC(=O)O)C(=O)O. The molecule has 0 spiro atoms. The molecule has 36 heavy (non-hydrogen) atoms. The van der Waals surface area contributed by atoms with Gasteiger partial charge in [0.05, 0.1) is 19.4 Å². The first-order valence-corrected chi connectivity index (χ1v) is 12.9. The quantitative estimate of drug-likeness (QED) is 0.254. The lowest BCUT2D eigenvalue weighted by Crippen LogP contribution is -2.54. The molecule has 1 amide bonds. The molecular formula is C23H34N4O8S. The van der Waals surface area contributed by atoms with Gasteiger partial charge in [-0.05, 0) is 18.6 Å². The third kappa shape index (κ3) is 9.36. The molecule has 1 aliphatic carbocycles. The van der Waals surface area contributed by atoms with Crippen molar-refractivity contribution in [1.82, 2.24) is 19.8 Å². The average Bonchev–Trinajstić information content (AvgIpc) is 2.80. The first-order chi connectivity index (χ1) is 17.0. The van der Waals surface area contributed by atoms with E-state index < -0.39 is 36.4 Å². The van der Waals surface area contributed by atoms with Crippen molar-refractivity contribution in [2.45, 2.75) is 75.2 Å². The Morgan fingerprint density at radius 2 is 1.61 bits per heavy atom. The van der Waals surface area contributed by atoms with E-state index in [9.17, 15) is 19.2 Å². The van der Waals surface area contributed by atoms with Crippen LogP contribution in [0.4, 0.5) is 0 Å². The largest absolute Gasteiger partial charge is 0.481 e. The summed E-state index contributed by atoms with van der Waals surface area (Å²) < 4.78 is 0. The predicted octanol–water partition coefficient (Wildman–Crippen LogP) is 1.32. The number of rotatable bonds is 10. The van der Waals surface area contributed by atoms with Crippen LogP contribution >= 0.6 is 11.8 Å². The van der Waals surface area contributed by atoms with Gasteiger partial charge in [0, 0.05) is 43.6 Å². The van der Waals surface area contributed by atoms with Gasteiger partial charge in [0.15, 0.2) is 10.8 Å². The summed E-state index contributed by atoms with van der Waals surface area (Å²) in [7, 11) is 0. The van der Waals surface area contributed by atoms with E-state index in [1.165, 1.54) is 32.1 Å². The first-order valence-electron chi connectivity index (χ1n) is 11.9. The van der Waals surface area contributed by atoms with E-state index in [4.69, 9.17) is 20.4 Å². The summed E-state index contributed by atoms with van der Waals surface area (Å²) in [5.74, 6) is -3.74. The molecule has 1 aromatic rings. The number of piperazine rings is 1. The van der Waals surface area contributed by atoms with Gasteiger partial charge in [-0.1, -0.05) is 37.9 Å². The van der Waals surface area contributed by atoms with Gasteiger partial charge in [-0.3, -0.25) is 19.3 Å². The molecule has 3 rings (SSSR count). The highest BCUT2D eigenvalue weighted by molar-refractivity contribution is 7.99. The van der Waals surface area contributed by atoms with Crippen molar-refractivity contribution in [3.8, 4) is 0 Å². The third-order valence-corrected chi connectivity index (χ3v) is 6.76. The predicted molar refractivity (Wildman–Crippen MR) is 129 cm³/mol. The molecule has 0 atom stereocenters. The van der Waals surface area contributed by atoms with Crippen molar-refractivity contribution in [2.24, 2.45) is 0 Å². The van der Waals surface area contributed by atoms with Crippen molar-refractivity contribution in [3.05, 3.63) is 18.0 Å². The number of hydrogen-bond donors (Lipinski definition) is 4. The van der Waals surface area contributed by atoms with Crippen molar-refractivity contribution in [2.75, 3.05) is 25.4 Å². The Kier molecular flexibility index (Phi) is 11.5. The van der Waals surface area contributed by atoms with Gasteiger partial charge in [-0.15, -0.1) is 0 Å². The maximum absolute atomic E-state index is 12.5. The smallest absolute Gasteiger partial charge is 0.336 e. The van der Waals surface area contributed by atoms with Crippen molar-refractivity contribution in [1.29, 1.82) is 0 Å². The summed E-state index contributed by atoms with van der Waals surface area (Å²) in [6.07, 6.45) is 7.76. The highest BCUT2D eigenvalue weighted by Crippen LogP contribution is 2.24. The van der Waals surface area contributed by atoms with Crippen LogP contribution < -0.4 is 0 Å². The highest BCUT2D eigenvalue weighted by Gasteiger charge is 2.40. The minimum absolute atomic E-state index is 0.294. The molecule has 200 valence electrons. The number of amides is 1. The summed E-state index contributed by atoms with van der Waals surface area (Å²) in [4.78, 5) is 56.1. The number of hydrogen-bond acceptors (Lipinski definition) is 9. The lowest BCUT2D eigenvalue weighted by molar-refractivity contribution is -0.170. The molecule has 1 saturated carbocycles. The molecule has 12 nitrogen and oxygen atoms in total. The van der Waals surface area contributed by atoms with Crippen LogP contribution in [0, 0.1) is 0 Å². The Bertz CT molecular complexity index is 892. The fraction of sp³-hybridized carbons (Fsp3) is 0.652. The minimum atomic E-state index is -2.74. The Morgan fingerprint density at radius 3 is 2.08 bits per heavy atom. The van der Waals surface area contributed by atoms with Crippen LogP contribution in [0.25, 0.3) is 0 Å². The van der Waals surface area contributed by atoms with Gasteiger partial charge < -0.3 is 25.3 Å². The monoisotopic (exact) mass is 526 g/mol. The number of aliphatic hydroxyl groups is 1. The van der Waals surface area contributed by atoms with Gasteiger partial charge >= 0.3 is 17.9 Å². The summed E-state index contributed by atoms with van der Waals surface area (Å²) in [6.45, 7) is 5.21. The lowest BCUT2D eigenvalue weighted by Gasteiger charge is -2.40. The second-order valence-electron chi connectivity index (χ2n) is 8.87. The van der Waals surface area contributed by atoms with E-state index in [0.717, 1.165) is 36.1 Å². The third-order valence-electron chi connectivity index (χ3n) is 6.00. The van der Waals surface area contributed by atoms with E-state index in [0.29, 0.717) is 18.5 Å². The molecule has 1 saturated heterocycles. The molecule has 4 N–H and O–H groups in total. The second-order valence-corrected chi connectivity index (χ2v) is 10.1. The van der Waals surface area contributed by atoms with Crippen LogP contribution in [0.1, 0.15) is 57.4 Å². The molecule has 2 heterocycles. The molecular weight excluding hydrogens is 492 g/mol. The van der Waals surface area contributed by atoms with E-state index >= 15 is 0 Å². The molecule has 0 bridgehead atoms. The molecule has 0 unspecified atom stereocenters. The van der Waals surface area contributed by atoms with E-state index in [1.54, 1.807) is 11.8 Å². The number of nitrogens with zero attached hydrogens (tertiary/aromatic N) is 4. The summed E-state index contributed by atoms with van der Waals surface area (Å²) in [5, 5.41) is 34.6. The standard InChI is InChI=1S/C17H26N4OS.C6H8O7/c1-2-23-17-18-10-14(11-19-17)12-20-8-9-21(16(22)13-20)15-6-4-3-5-7-15;7-3(8)1-6(13,5(11)12)2-4(9)10/h10-11,15H,2-9,12-13H2,1H3;13H,1-2H2,(H,7,8)(H,9,10)(H,11,12). The Hall–Kier alpha value is -2.77. The minimum Gasteiger partial charge on any atom is -0.481 e. The van der Waals surface area contributed by atoms with Crippen molar-refractivity contribution >= 4 is 35.6 Å². The van der Waals surface area contributed by atoms with Crippen LogP contribution in [-0.2, 0) is 25.7 Å². The van der Waals surface area contributed by atoms with Gasteiger partial charge in [0.2, 0.25) is 5.91 Å². The van der Waals surface area contributed by atoms with Gasteiger partial charge in [-0.25, -0.2) is 14.8 Å². The highest BCUT2D eigenvalue weighted by atomic mass is 32.2. The number of carboxylic acids is 3. The normalized spacial score (nSPS) is 17.3. The number of aromatic nitrogens is 2. The zero-order valence-corrected chi connectivity index (χ0v) is 21.2. The molecule has 0 radical (unpaired) electrons. The number of carbonyl (C=O) groups is 4. The Morgan fingerprint density at radius 1 is 1.03 bits per heavy atom. The van der Waals surface area contributed by atoms with Crippen LogP contribution in [0.5, 0.6) is 0 Å². The molecule has 1 aromatic heterocycles. The van der Waals surface area contributed by atoms with Crippen molar-refractivity contribution < 1.29 is 39.6 Å². The van der Waals surface area contributed by atoms with E-state index in [2.05, 4.69) is 26.7 Å². The van der Waals surface area contributed by atoms with Crippen LogP contribution in [0.2, 0.25) is 0 Å². The van der Waals surface area contributed by atoms with Crippen LogP contribution in [0.15, 0.2) is 17.6 Å². The first kappa shape index (κ1) is 29.5. The van der Waals surface area contributed by atoms with Crippen molar-refractivity contribution in [3.63, 3.8) is 0 Å². The van der Waals surface area contributed by atoms with Crippen LogP contribution in [-0.4, -0.2) is 101 Å². The zero-order chi connectivity index (χ0) is 26.7. The molecule has 1 aliphatic heterocycles. The number of aliphatic carboxylic acids is 3. The zero-order valence-electron chi connectivity index (χ0n) is 20.3. The lowest BCUT2D eigenvalue weighted by atomic mass is 9.93. The number of carbonyl (C=O) groups excluding carboxylic acids is 1. The maximum atomic E-state index is 12.5. The number of thioether (sulfide) groups is 1. The summed E-state index contributed by atoms with van der Waals surface area (Å²) in [5.41, 5.74) is -1.65. The number of carboxylic acid groups (broad SMARTS) is 3. The van der Waals surface area contributed by atoms with Crippen LogP contribution in [0.3, 0.4) is 0 Å².